The third kappa shape index (κ3) is 5.41. The van der Waals surface area contributed by atoms with Gasteiger partial charge in [-0.1, -0.05) is 87.5 Å². The quantitative estimate of drug-likeness (QED) is 0.458. The molecule has 32 heavy (non-hydrogen) atoms. The van der Waals surface area contributed by atoms with Crippen molar-refractivity contribution in [1.29, 1.82) is 0 Å². The Bertz CT molecular complexity index is 792. The van der Waals surface area contributed by atoms with Crippen LogP contribution in [0.5, 0.6) is 0 Å². The maximum absolute atomic E-state index is 10.0. The summed E-state index contributed by atoms with van der Waals surface area (Å²) in [5, 5.41) is 12.4. The van der Waals surface area contributed by atoms with Crippen molar-refractivity contribution in [3.63, 3.8) is 0 Å². The molecule has 174 valence electrons. The molecule has 4 nitrogen and oxygen atoms in total. The molecule has 1 aliphatic rings. The third-order valence-electron chi connectivity index (χ3n) is 6.30. The van der Waals surface area contributed by atoms with E-state index in [1.54, 1.807) is 13.0 Å². The zero-order valence-electron chi connectivity index (χ0n) is 19.9. The van der Waals surface area contributed by atoms with Gasteiger partial charge in [-0.3, -0.25) is 0 Å². The Kier molecular flexibility index (Phi) is 8.47. The number of benzene rings is 2. The number of aliphatic hydroxyl groups is 1. The highest BCUT2D eigenvalue weighted by atomic mass is 28.4. The molecule has 1 N–H and O–H groups in total. The minimum absolute atomic E-state index is 0.0933. The van der Waals surface area contributed by atoms with E-state index in [2.05, 4.69) is 88.0 Å². The molecule has 5 heteroatoms. The van der Waals surface area contributed by atoms with Crippen LogP contribution >= 0.6 is 0 Å². The van der Waals surface area contributed by atoms with Crippen LogP contribution in [0.3, 0.4) is 0 Å². The summed E-state index contributed by atoms with van der Waals surface area (Å²) in [5.74, 6) is 0. The molecule has 0 spiro atoms. The highest BCUT2D eigenvalue weighted by Crippen LogP contribution is 2.37. The Hall–Kier alpha value is -1.76. The fourth-order valence-corrected chi connectivity index (χ4v) is 9.23. The zero-order chi connectivity index (χ0) is 23.2. The van der Waals surface area contributed by atoms with Crippen molar-refractivity contribution in [3.8, 4) is 0 Å². The second-order valence-electron chi connectivity index (χ2n) is 9.64. The molecule has 0 aromatic heterocycles. The van der Waals surface area contributed by atoms with Crippen LogP contribution in [0.2, 0.25) is 5.04 Å². The number of rotatable bonds is 9. The normalized spacial score (nSPS) is 21.7. The van der Waals surface area contributed by atoms with Crippen molar-refractivity contribution >= 4 is 18.7 Å². The minimum atomic E-state index is -2.64. The van der Waals surface area contributed by atoms with Crippen LogP contribution in [-0.2, 0) is 13.9 Å². The maximum Gasteiger partial charge on any atom is 0.261 e. The number of aliphatic hydroxyl groups excluding tert-OH is 1. The first-order valence-electron chi connectivity index (χ1n) is 11.6. The summed E-state index contributed by atoms with van der Waals surface area (Å²) in [5.41, 5.74) is 0. The van der Waals surface area contributed by atoms with Crippen molar-refractivity contribution in [2.75, 3.05) is 13.2 Å². The maximum atomic E-state index is 10.0. The van der Waals surface area contributed by atoms with Crippen LogP contribution in [0.4, 0.5) is 0 Å². The molecule has 2 aromatic carbocycles. The van der Waals surface area contributed by atoms with E-state index in [1.165, 1.54) is 10.4 Å². The first-order valence-corrected chi connectivity index (χ1v) is 13.5. The van der Waals surface area contributed by atoms with E-state index in [1.807, 2.05) is 0 Å². The molecule has 1 fully saturated rings. The minimum Gasteiger partial charge on any atom is -0.405 e. The molecule has 0 radical (unpaired) electrons. The summed E-state index contributed by atoms with van der Waals surface area (Å²) in [6.07, 6.45) is 2.12. The van der Waals surface area contributed by atoms with Gasteiger partial charge in [-0.15, -0.1) is 6.58 Å². The van der Waals surface area contributed by atoms with Gasteiger partial charge in [0.25, 0.3) is 8.32 Å². The smallest absolute Gasteiger partial charge is 0.261 e. The lowest BCUT2D eigenvalue weighted by molar-refractivity contribution is -0.147. The molecule has 0 amide bonds. The number of hydrogen-bond acceptors (Lipinski definition) is 4. The Morgan fingerprint density at radius 3 is 2.12 bits per heavy atom. The molecule has 2 aromatic rings. The van der Waals surface area contributed by atoms with Crippen LogP contribution in [-0.4, -0.2) is 51.1 Å². The second kappa shape index (κ2) is 10.9. The predicted molar refractivity (Wildman–Crippen MR) is 133 cm³/mol. The first-order chi connectivity index (χ1) is 15.3. The Morgan fingerprint density at radius 1 is 1.09 bits per heavy atom. The Balaban J connectivity index is 1.94. The zero-order valence-corrected chi connectivity index (χ0v) is 20.9. The molecule has 0 aliphatic carbocycles. The van der Waals surface area contributed by atoms with E-state index in [-0.39, 0.29) is 17.2 Å². The fraction of sp³-hybridized carbons (Fsp3) is 0.481. The van der Waals surface area contributed by atoms with Crippen molar-refractivity contribution in [3.05, 3.63) is 73.3 Å². The van der Waals surface area contributed by atoms with E-state index in [4.69, 9.17) is 13.9 Å². The molecule has 1 aliphatic heterocycles. The molecule has 0 unspecified atom stereocenters. The monoisotopic (exact) mass is 454 g/mol. The molecule has 0 saturated carbocycles. The van der Waals surface area contributed by atoms with Gasteiger partial charge in [0.15, 0.2) is 0 Å². The topological polar surface area (TPSA) is 47.9 Å². The van der Waals surface area contributed by atoms with E-state index >= 15 is 0 Å². The largest absolute Gasteiger partial charge is 0.405 e. The summed E-state index contributed by atoms with van der Waals surface area (Å²) in [4.78, 5) is 0. The molecule has 1 saturated heterocycles. The van der Waals surface area contributed by atoms with Gasteiger partial charge in [0.2, 0.25) is 0 Å². The Morgan fingerprint density at radius 2 is 1.66 bits per heavy atom. The highest BCUT2D eigenvalue weighted by molar-refractivity contribution is 6.99. The lowest BCUT2D eigenvalue weighted by Gasteiger charge is -2.44. The summed E-state index contributed by atoms with van der Waals surface area (Å²) >= 11 is 0. The van der Waals surface area contributed by atoms with Gasteiger partial charge >= 0.3 is 0 Å². The van der Waals surface area contributed by atoms with Gasteiger partial charge in [0.05, 0.1) is 18.8 Å². The second-order valence-corrected chi connectivity index (χ2v) is 13.9. The van der Waals surface area contributed by atoms with E-state index < -0.39 is 20.5 Å². The van der Waals surface area contributed by atoms with E-state index in [0.29, 0.717) is 13.2 Å². The van der Waals surface area contributed by atoms with Gasteiger partial charge in [0, 0.05) is 6.61 Å². The van der Waals surface area contributed by atoms with Crippen molar-refractivity contribution in [2.45, 2.75) is 70.0 Å². The lowest BCUT2D eigenvalue weighted by atomic mass is 10.1. The third-order valence-corrected chi connectivity index (χ3v) is 11.3. The Labute approximate surface area is 194 Å². The van der Waals surface area contributed by atoms with E-state index in [9.17, 15) is 5.11 Å². The number of ether oxygens (including phenoxy) is 2. The summed E-state index contributed by atoms with van der Waals surface area (Å²) in [6.45, 7) is 13.5. The van der Waals surface area contributed by atoms with Crippen LogP contribution in [0, 0.1) is 0 Å². The van der Waals surface area contributed by atoms with Gasteiger partial charge in [-0.25, -0.2) is 0 Å². The van der Waals surface area contributed by atoms with E-state index in [0.717, 1.165) is 12.8 Å². The fourth-order valence-electron chi connectivity index (χ4n) is 4.66. The van der Waals surface area contributed by atoms with Crippen LogP contribution < -0.4 is 10.4 Å². The van der Waals surface area contributed by atoms with Gasteiger partial charge in [0.1, 0.15) is 12.2 Å². The summed E-state index contributed by atoms with van der Waals surface area (Å²) < 4.78 is 19.4. The van der Waals surface area contributed by atoms with Gasteiger partial charge < -0.3 is 19.0 Å². The predicted octanol–water partition coefficient (Wildman–Crippen LogP) is 4.06. The van der Waals surface area contributed by atoms with Crippen LogP contribution in [0.25, 0.3) is 0 Å². The van der Waals surface area contributed by atoms with Crippen molar-refractivity contribution in [1.82, 2.24) is 0 Å². The molecule has 1 heterocycles. The molecule has 4 atom stereocenters. The standard InChI is InChI=1S/C27H38O4Si/c1-6-24(21(2)28)31-25-18-13-19-29-26(25)20-30-32(27(3,4)5,22-14-9-7-10-15-22)23-16-11-8-12-17-23/h6-12,14-17,21,24-26,28H,1,13,18-20H2,2-5H3/t21-,24-,25+,26-/m1/s1. The average Bonchev–Trinajstić information content (AvgIpc) is 2.79. The van der Waals surface area contributed by atoms with Crippen molar-refractivity contribution < 1.29 is 19.0 Å². The first kappa shape index (κ1) is 24.9. The average molecular weight is 455 g/mol. The van der Waals surface area contributed by atoms with Gasteiger partial charge in [-0.2, -0.15) is 0 Å². The van der Waals surface area contributed by atoms with Crippen LogP contribution in [0.15, 0.2) is 73.3 Å². The SMILES string of the molecule is C=C[C@@H](O[C@H]1CCCO[C@@H]1CO[Si](c1ccccc1)(c1ccccc1)C(C)(C)C)[C@@H](C)O. The molecular weight excluding hydrogens is 416 g/mol. The van der Waals surface area contributed by atoms with Crippen LogP contribution in [0.1, 0.15) is 40.5 Å². The summed E-state index contributed by atoms with van der Waals surface area (Å²) in [7, 11) is -2.64. The summed E-state index contributed by atoms with van der Waals surface area (Å²) in [6, 6.07) is 21.3. The molecule has 3 rings (SSSR count). The lowest BCUT2D eigenvalue weighted by Crippen LogP contribution is -2.67. The van der Waals surface area contributed by atoms with Crippen molar-refractivity contribution in [2.24, 2.45) is 0 Å². The van der Waals surface area contributed by atoms with Gasteiger partial charge in [-0.05, 0) is 35.2 Å². The molecule has 0 bridgehead atoms. The number of hydrogen-bond donors (Lipinski definition) is 1. The highest BCUT2D eigenvalue weighted by Gasteiger charge is 2.50. The molecular formula is C27H38O4Si.